The Hall–Kier alpha value is 0.320. The highest BCUT2D eigenvalue weighted by molar-refractivity contribution is 9.09. The molecule has 5 heteroatoms. The first-order chi connectivity index (χ1) is 6.79. The van der Waals surface area contributed by atoms with Crippen molar-refractivity contribution >= 4 is 15.9 Å². The fourth-order valence-electron chi connectivity index (χ4n) is 1.79. The number of ether oxygens (including phenoxy) is 1. The molecule has 0 aliphatic carbocycles. The molecule has 4 nitrogen and oxygen atoms in total. The molecule has 1 aliphatic heterocycles. The summed E-state index contributed by atoms with van der Waals surface area (Å²) in [5.41, 5.74) is -0.277. The largest absolute Gasteiger partial charge is 0.388 e. The van der Waals surface area contributed by atoms with Crippen molar-refractivity contribution in [2.24, 2.45) is 5.41 Å². The maximum atomic E-state index is 9.81. The minimum Gasteiger partial charge on any atom is -0.388 e. The van der Waals surface area contributed by atoms with E-state index in [1.807, 2.05) is 20.8 Å². The third-order valence-electron chi connectivity index (χ3n) is 2.72. The number of rotatable bonds is 1. The Bertz CT molecular complexity index is 214. The van der Waals surface area contributed by atoms with Gasteiger partial charge in [-0.15, -0.1) is 0 Å². The lowest BCUT2D eigenvalue weighted by molar-refractivity contribution is -0.238. The number of halogens is 1. The van der Waals surface area contributed by atoms with Crippen LogP contribution in [-0.4, -0.2) is 51.2 Å². The van der Waals surface area contributed by atoms with E-state index in [-0.39, 0.29) is 5.41 Å². The van der Waals surface area contributed by atoms with Gasteiger partial charge < -0.3 is 20.1 Å². The molecule has 1 saturated heterocycles. The topological polar surface area (TPSA) is 69.9 Å². The van der Waals surface area contributed by atoms with Crippen molar-refractivity contribution in [3.63, 3.8) is 0 Å². The van der Waals surface area contributed by atoms with Gasteiger partial charge in [-0.3, -0.25) is 0 Å². The van der Waals surface area contributed by atoms with Crippen molar-refractivity contribution < 1.29 is 20.1 Å². The van der Waals surface area contributed by atoms with E-state index in [1.54, 1.807) is 0 Å². The SMILES string of the molecule is CC(C)(C)[C@@H]1OC(CBr)[C@H](O)C(O)C1O. The maximum Gasteiger partial charge on any atom is 0.111 e. The average molecular weight is 283 g/mol. The zero-order chi connectivity index (χ0) is 11.8. The molecule has 0 saturated carbocycles. The van der Waals surface area contributed by atoms with E-state index in [1.165, 1.54) is 0 Å². The van der Waals surface area contributed by atoms with Crippen molar-refractivity contribution in [3.8, 4) is 0 Å². The van der Waals surface area contributed by atoms with E-state index in [2.05, 4.69) is 15.9 Å². The molecule has 90 valence electrons. The predicted molar refractivity (Wildman–Crippen MR) is 59.9 cm³/mol. The Morgan fingerprint density at radius 1 is 1.07 bits per heavy atom. The van der Waals surface area contributed by atoms with Crippen LogP contribution >= 0.6 is 15.9 Å². The second-order valence-corrected chi connectivity index (χ2v) is 5.73. The molecule has 0 aromatic heterocycles. The zero-order valence-corrected chi connectivity index (χ0v) is 10.8. The highest BCUT2D eigenvalue weighted by Gasteiger charge is 2.47. The molecule has 5 atom stereocenters. The van der Waals surface area contributed by atoms with Gasteiger partial charge in [0.2, 0.25) is 0 Å². The summed E-state index contributed by atoms with van der Waals surface area (Å²) in [6.45, 7) is 5.78. The fourth-order valence-corrected chi connectivity index (χ4v) is 2.33. The molecule has 3 unspecified atom stereocenters. The van der Waals surface area contributed by atoms with Crippen LogP contribution in [0.1, 0.15) is 20.8 Å². The molecule has 0 amide bonds. The van der Waals surface area contributed by atoms with E-state index in [0.29, 0.717) is 5.33 Å². The molecular formula is C10H19BrO4. The van der Waals surface area contributed by atoms with Crippen LogP contribution in [0, 0.1) is 5.41 Å². The quantitative estimate of drug-likeness (QED) is 0.604. The lowest BCUT2D eigenvalue weighted by atomic mass is 9.80. The van der Waals surface area contributed by atoms with E-state index < -0.39 is 30.5 Å². The van der Waals surface area contributed by atoms with E-state index >= 15 is 0 Å². The number of aliphatic hydroxyl groups excluding tert-OH is 3. The van der Waals surface area contributed by atoms with Gasteiger partial charge in [0.15, 0.2) is 0 Å². The van der Waals surface area contributed by atoms with Crippen LogP contribution in [0.4, 0.5) is 0 Å². The molecule has 0 spiro atoms. The summed E-state index contributed by atoms with van der Waals surface area (Å²) >= 11 is 3.22. The van der Waals surface area contributed by atoms with Gasteiger partial charge >= 0.3 is 0 Å². The molecule has 1 fully saturated rings. The predicted octanol–water partition coefficient (Wildman–Crippen LogP) is 0.277. The van der Waals surface area contributed by atoms with E-state index in [9.17, 15) is 15.3 Å². The Kier molecular flexibility index (Phi) is 4.17. The number of hydrogen-bond acceptors (Lipinski definition) is 4. The molecule has 0 bridgehead atoms. The molecule has 0 aromatic carbocycles. The Morgan fingerprint density at radius 3 is 2.00 bits per heavy atom. The number of alkyl halides is 1. The summed E-state index contributed by atoms with van der Waals surface area (Å²) in [7, 11) is 0. The Balaban J connectivity index is 2.83. The van der Waals surface area contributed by atoms with Crippen LogP contribution in [0.2, 0.25) is 0 Å². The summed E-state index contributed by atoms with van der Waals surface area (Å²) in [5.74, 6) is 0. The van der Waals surface area contributed by atoms with Gasteiger partial charge in [0.25, 0.3) is 0 Å². The normalized spacial score (nSPS) is 43.0. The van der Waals surface area contributed by atoms with Gasteiger partial charge in [-0.25, -0.2) is 0 Å². The van der Waals surface area contributed by atoms with Crippen LogP contribution < -0.4 is 0 Å². The monoisotopic (exact) mass is 282 g/mol. The maximum absolute atomic E-state index is 9.81. The van der Waals surface area contributed by atoms with Gasteiger partial charge in [-0.1, -0.05) is 36.7 Å². The molecule has 1 rings (SSSR count). The molecule has 0 aromatic rings. The Labute approximate surface area is 98.4 Å². The van der Waals surface area contributed by atoms with E-state index in [4.69, 9.17) is 4.74 Å². The van der Waals surface area contributed by atoms with Crippen LogP contribution in [0.3, 0.4) is 0 Å². The van der Waals surface area contributed by atoms with Crippen LogP contribution in [0.15, 0.2) is 0 Å². The smallest absolute Gasteiger partial charge is 0.111 e. The summed E-state index contributed by atoms with van der Waals surface area (Å²) in [5, 5.41) is 29.5. The summed E-state index contributed by atoms with van der Waals surface area (Å²) < 4.78 is 5.59. The van der Waals surface area contributed by atoms with Gasteiger partial charge in [-0.2, -0.15) is 0 Å². The summed E-state index contributed by atoms with van der Waals surface area (Å²) in [4.78, 5) is 0. The summed E-state index contributed by atoms with van der Waals surface area (Å²) in [6.07, 6.45) is -4.19. The van der Waals surface area contributed by atoms with Gasteiger partial charge in [0.1, 0.15) is 18.3 Å². The molecule has 1 heterocycles. The van der Waals surface area contributed by atoms with Crippen molar-refractivity contribution in [2.45, 2.75) is 51.3 Å². The number of hydrogen-bond donors (Lipinski definition) is 3. The molecule has 15 heavy (non-hydrogen) atoms. The molecule has 0 radical (unpaired) electrons. The highest BCUT2D eigenvalue weighted by atomic mass is 79.9. The molecule has 3 N–H and O–H groups in total. The third kappa shape index (κ3) is 2.71. The van der Waals surface area contributed by atoms with Gasteiger partial charge in [-0.05, 0) is 5.41 Å². The first-order valence-corrected chi connectivity index (χ1v) is 6.16. The van der Waals surface area contributed by atoms with Crippen LogP contribution in [0.25, 0.3) is 0 Å². The second-order valence-electron chi connectivity index (χ2n) is 5.09. The second kappa shape index (κ2) is 4.67. The highest BCUT2D eigenvalue weighted by Crippen LogP contribution is 2.33. The first kappa shape index (κ1) is 13.4. The van der Waals surface area contributed by atoms with Crippen LogP contribution in [0.5, 0.6) is 0 Å². The Morgan fingerprint density at radius 2 is 1.60 bits per heavy atom. The molecule has 1 aliphatic rings. The standard InChI is InChI=1S/C10H19BrO4/c1-10(2,3)9-8(14)7(13)6(12)5(4-11)15-9/h5-9,12-14H,4H2,1-3H3/t5?,6-,7?,8?,9+/m0/s1. The van der Waals surface area contributed by atoms with Crippen molar-refractivity contribution in [3.05, 3.63) is 0 Å². The first-order valence-electron chi connectivity index (χ1n) is 5.04. The average Bonchev–Trinajstić information content (AvgIpc) is 2.13. The minimum absolute atomic E-state index is 0.277. The molecular weight excluding hydrogens is 264 g/mol. The summed E-state index contributed by atoms with van der Waals surface area (Å²) in [6, 6.07) is 0. The van der Waals surface area contributed by atoms with Crippen molar-refractivity contribution in [2.75, 3.05) is 5.33 Å². The third-order valence-corrected chi connectivity index (χ3v) is 3.36. The van der Waals surface area contributed by atoms with Gasteiger partial charge in [0.05, 0.1) is 12.2 Å². The zero-order valence-electron chi connectivity index (χ0n) is 9.22. The van der Waals surface area contributed by atoms with Crippen LogP contribution in [-0.2, 0) is 4.74 Å². The van der Waals surface area contributed by atoms with Gasteiger partial charge in [0, 0.05) is 5.33 Å². The van der Waals surface area contributed by atoms with Crippen molar-refractivity contribution in [1.29, 1.82) is 0 Å². The lowest BCUT2D eigenvalue weighted by Gasteiger charge is -2.45. The fraction of sp³-hybridized carbons (Fsp3) is 1.00. The minimum atomic E-state index is -1.15. The van der Waals surface area contributed by atoms with Crippen molar-refractivity contribution in [1.82, 2.24) is 0 Å². The number of aliphatic hydroxyl groups is 3. The van der Waals surface area contributed by atoms with E-state index in [0.717, 1.165) is 0 Å². The lowest BCUT2D eigenvalue weighted by Crippen LogP contribution is -2.61.